The van der Waals surface area contributed by atoms with Crippen LogP contribution in [0.15, 0.2) is 51.7 Å². The Morgan fingerprint density at radius 2 is 2.07 bits per heavy atom. The van der Waals surface area contributed by atoms with Crippen LogP contribution in [0.25, 0.3) is 11.1 Å². The van der Waals surface area contributed by atoms with E-state index < -0.39 is 11.4 Å². The second-order valence-electron chi connectivity index (χ2n) is 7.24. The number of hydrogen-bond acceptors (Lipinski definition) is 4. The number of benzene rings is 2. The summed E-state index contributed by atoms with van der Waals surface area (Å²) in [4.78, 5) is 26.1. The molecule has 1 aliphatic rings. The molecule has 0 spiro atoms. The summed E-state index contributed by atoms with van der Waals surface area (Å²) < 4.78 is 6.78. The van der Waals surface area contributed by atoms with Crippen LogP contribution in [0, 0.1) is 6.92 Å². The molecule has 146 valence electrons. The monoisotopic (exact) mass is 381 g/mol. The Kier molecular flexibility index (Phi) is 4.47. The van der Waals surface area contributed by atoms with Gasteiger partial charge in [-0.25, -0.2) is 9.59 Å². The van der Waals surface area contributed by atoms with E-state index >= 15 is 0 Å². The molecule has 0 saturated carbocycles. The molecule has 0 aliphatic carbocycles. The smallest absolute Gasteiger partial charge is 0.408 e. The summed E-state index contributed by atoms with van der Waals surface area (Å²) >= 11 is 0. The first kappa shape index (κ1) is 18.3. The minimum atomic E-state index is -1.04. The van der Waals surface area contributed by atoms with Crippen molar-refractivity contribution in [1.29, 1.82) is 0 Å². The Morgan fingerprint density at radius 3 is 2.82 bits per heavy atom. The summed E-state index contributed by atoms with van der Waals surface area (Å²) in [5, 5.41) is 13.9. The average molecular weight is 381 g/mol. The Bertz CT molecular complexity index is 1100. The van der Waals surface area contributed by atoms with Crippen molar-refractivity contribution in [2.24, 2.45) is 0 Å². The lowest BCUT2D eigenvalue weighted by Gasteiger charge is -2.25. The first-order valence-corrected chi connectivity index (χ1v) is 9.39. The number of hydrogen-bond donors (Lipinski definition) is 2. The van der Waals surface area contributed by atoms with E-state index in [9.17, 15) is 14.7 Å². The zero-order valence-electron chi connectivity index (χ0n) is 15.9. The number of carbonyl (C=O) groups excluding carboxylic acids is 1. The zero-order chi connectivity index (χ0) is 19.9. The molecule has 2 heterocycles. The van der Waals surface area contributed by atoms with Crippen LogP contribution in [0.4, 0.5) is 10.5 Å². The summed E-state index contributed by atoms with van der Waals surface area (Å²) in [5.41, 5.74) is 2.49. The summed E-state index contributed by atoms with van der Waals surface area (Å²) in [6.45, 7) is 5.03. The fourth-order valence-electron chi connectivity index (χ4n) is 3.93. The van der Waals surface area contributed by atoms with Crippen LogP contribution in [0.1, 0.15) is 24.5 Å². The number of carbonyl (C=O) groups is 1. The molecule has 28 heavy (non-hydrogen) atoms. The highest BCUT2D eigenvalue weighted by molar-refractivity contribution is 5.91. The highest BCUT2D eigenvalue weighted by Crippen LogP contribution is 2.34. The molecule has 1 unspecified atom stereocenters. The number of rotatable bonds is 3. The third kappa shape index (κ3) is 3.07. The molecule has 1 aliphatic heterocycles. The van der Waals surface area contributed by atoms with Crippen molar-refractivity contribution >= 4 is 22.8 Å². The van der Waals surface area contributed by atoms with Gasteiger partial charge in [-0.2, -0.15) is 0 Å². The number of aliphatic hydroxyl groups is 1. The van der Waals surface area contributed by atoms with Crippen LogP contribution in [0.3, 0.4) is 0 Å². The lowest BCUT2D eigenvalue weighted by molar-refractivity contribution is 0.0494. The van der Waals surface area contributed by atoms with Gasteiger partial charge in [-0.05, 0) is 43.5 Å². The predicted molar refractivity (Wildman–Crippen MR) is 106 cm³/mol. The number of amides is 2. The first-order valence-electron chi connectivity index (χ1n) is 9.39. The Labute approximate surface area is 162 Å². The number of nitrogens with zero attached hydrogens (tertiary/aromatic N) is 2. The molecule has 4 rings (SSSR count). The maximum atomic E-state index is 12.7. The van der Waals surface area contributed by atoms with Crippen molar-refractivity contribution < 1.29 is 14.3 Å². The summed E-state index contributed by atoms with van der Waals surface area (Å²) in [6.07, 6.45) is 0.485. The molecule has 7 heteroatoms. The second kappa shape index (κ2) is 6.83. The maximum absolute atomic E-state index is 12.7. The van der Waals surface area contributed by atoms with Gasteiger partial charge in [0, 0.05) is 24.8 Å². The van der Waals surface area contributed by atoms with Gasteiger partial charge in [-0.3, -0.25) is 4.57 Å². The quantitative estimate of drug-likeness (QED) is 0.730. The Hall–Kier alpha value is -3.06. The minimum Gasteiger partial charge on any atom is -0.408 e. The minimum absolute atomic E-state index is 0.229. The lowest BCUT2D eigenvalue weighted by atomic mass is 9.89. The predicted octanol–water partition coefficient (Wildman–Crippen LogP) is 3.05. The molecule has 2 aromatic carbocycles. The fraction of sp³-hybridized carbons (Fsp3) is 0.333. The van der Waals surface area contributed by atoms with E-state index in [0.29, 0.717) is 36.3 Å². The van der Waals surface area contributed by atoms with E-state index in [1.807, 2.05) is 38.1 Å². The van der Waals surface area contributed by atoms with Crippen LogP contribution >= 0.6 is 0 Å². The number of oxazole rings is 1. The summed E-state index contributed by atoms with van der Waals surface area (Å²) in [7, 11) is 0. The zero-order valence-corrected chi connectivity index (χ0v) is 15.9. The van der Waals surface area contributed by atoms with Crippen molar-refractivity contribution in [2.45, 2.75) is 32.4 Å². The molecule has 7 nitrogen and oxygen atoms in total. The van der Waals surface area contributed by atoms with E-state index in [1.54, 1.807) is 23.1 Å². The molecule has 1 atom stereocenters. The molecular formula is C21H23N3O4. The Morgan fingerprint density at radius 1 is 1.29 bits per heavy atom. The third-order valence-corrected chi connectivity index (χ3v) is 5.42. The van der Waals surface area contributed by atoms with E-state index in [2.05, 4.69) is 5.32 Å². The number of β-amino-alcohol motifs (C(OH)–C–C–N with tert-alkyl or cyclic N) is 1. The number of anilines is 1. The number of aryl methyl sites for hydroxylation is 2. The van der Waals surface area contributed by atoms with Crippen molar-refractivity contribution in [3.8, 4) is 0 Å². The van der Waals surface area contributed by atoms with Crippen LogP contribution in [0.5, 0.6) is 0 Å². The third-order valence-electron chi connectivity index (χ3n) is 5.42. The van der Waals surface area contributed by atoms with Gasteiger partial charge in [-0.1, -0.05) is 24.3 Å². The largest absolute Gasteiger partial charge is 0.419 e. The van der Waals surface area contributed by atoms with E-state index in [0.717, 1.165) is 11.1 Å². The number of aromatic nitrogens is 1. The van der Waals surface area contributed by atoms with Crippen molar-refractivity contribution in [3.05, 3.63) is 64.1 Å². The molecule has 3 aromatic rings. The van der Waals surface area contributed by atoms with Gasteiger partial charge in [-0.15, -0.1) is 0 Å². The van der Waals surface area contributed by atoms with Gasteiger partial charge < -0.3 is 19.7 Å². The molecule has 1 saturated heterocycles. The maximum Gasteiger partial charge on any atom is 0.419 e. The molecule has 2 amide bonds. The highest BCUT2D eigenvalue weighted by Gasteiger charge is 2.40. The van der Waals surface area contributed by atoms with Gasteiger partial charge in [0.15, 0.2) is 5.58 Å². The molecule has 2 N–H and O–H groups in total. The van der Waals surface area contributed by atoms with Crippen LogP contribution in [0.2, 0.25) is 0 Å². The van der Waals surface area contributed by atoms with E-state index in [1.165, 1.54) is 4.57 Å². The fourth-order valence-corrected chi connectivity index (χ4v) is 3.93. The molecular weight excluding hydrogens is 358 g/mol. The van der Waals surface area contributed by atoms with E-state index in [4.69, 9.17) is 4.42 Å². The summed E-state index contributed by atoms with van der Waals surface area (Å²) in [6, 6.07) is 12.5. The van der Waals surface area contributed by atoms with Crippen molar-refractivity contribution in [1.82, 2.24) is 9.47 Å². The van der Waals surface area contributed by atoms with Crippen molar-refractivity contribution in [3.63, 3.8) is 0 Å². The topological polar surface area (TPSA) is 87.7 Å². The number of likely N-dealkylation sites (tertiary alicyclic amines) is 1. The number of fused-ring (bicyclic) bond motifs is 1. The van der Waals surface area contributed by atoms with Gasteiger partial charge in [0.05, 0.1) is 12.1 Å². The lowest BCUT2D eigenvalue weighted by Crippen LogP contribution is -2.37. The Balaban J connectivity index is 1.51. The van der Waals surface area contributed by atoms with Crippen molar-refractivity contribution in [2.75, 3.05) is 18.4 Å². The van der Waals surface area contributed by atoms with E-state index in [-0.39, 0.29) is 12.6 Å². The molecule has 1 fully saturated rings. The van der Waals surface area contributed by atoms with Crippen LogP contribution in [-0.4, -0.2) is 33.7 Å². The van der Waals surface area contributed by atoms with Crippen LogP contribution in [-0.2, 0) is 12.1 Å². The standard InChI is InChI=1S/C21H23N3O4/c1-3-24-17-9-8-15(12-18(17)28-20(24)26)22-19(25)23-11-10-21(27,13-23)16-7-5-4-6-14(16)2/h4-9,12,27H,3,10-11,13H2,1-2H3,(H,22,25). The molecule has 0 radical (unpaired) electrons. The number of urea groups is 1. The molecule has 1 aromatic heterocycles. The highest BCUT2D eigenvalue weighted by atomic mass is 16.4. The van der Waals surface area contributed by atoms with Crippen LogP contribution < -0.4 is 11.1 Å². The molecule has 0 bridgehead atoms. The SMILES string of the molecule is CCn1c(=O)oc2cc(NC(=O)N3CCC(O)(c4ccccc4C)C3)ccc21. The van der Waals surface area contributed by atoms with Gasteiger partial charge in [0.1, 0.15) is 5.60 Å². The number of nitrogens with one attached hydrogen (secondary N) is 1. The second-order valence-corrected chi connectivity index (χ2v) is 7.24. The normalized spacial score (nSPS) is 19.3. The van der Waals surface area contributed by atoms with Gasteiger partial charge in [0.25, 0.3) is 0 Å². The van der Waals surface area contributed by atoms with Gasteiger partial charge in [0.2, 0.25) is 0 Å². The first-order chi connectivity index (χ1) is 13.4. The average Bonchev–Trinajstić information content (AvgIpc) is 3.21. The summed E-state index contributed by atoms with van der Waals surface area (Å²) in [5.74, 6) is -0.413. The van der Waals surface area contributed by atoms with Gasteiger partial charge >= 0.3 is 11.8 Å².